The quantitative estimate of drug-likeness (QED) is 0.862. The van der Waals surface area contributed by atoms with Gasteiger partial charge in [-0.15, -0.1) is 0 Å². The molecule has 2 rings (SSSR count). The van der Waals surface area contributed by atoms with Crippen molar-refractivity contribution in [3.8, 4) is 0 Å². The number of carbonyl (C=O) groups is 1. The van der Waals surface area contributed by atoms with Gasteiger partial charge in [-0.25, -0.2) is 9.18 Å². The molecule has 1 aromatic rings. The Hall–Kier alpha value is -1.58. The molecule has 1 saturated carbocycles. The Bertz CT molecular complexity index is 442. The van der Waals surface area contributed by atoms with Gasteiger partial charge >= 0.3 is 6.03 Å². The summed E-state index contributed by atoms with van der Waals surface area (Å²) in [4.78, 5) is 11.6. The lowest BCUT2D eigenvalue weighted by atomic mass is 10.1. The van der Waals surface area contributed by atoms with Crippen molar-refractivity contribution >= 4 is 6.03 Å². The Labute approximate surface area is 113 Å². The second-order valence-electron chi connectivity index (χ2n) is 5.22. The first kappa shape index (κ1) is 13.8. The van der Waals surface area contributed by atoms with Gasteiger partial charge in [-0.05, 0) is 43.4 Å². The maximum atomic E-state index is 13.1. The highest BCUT2D eigenvalue weighted by Gasteiger charge is 2.16. The molecule has 19 heavy (non-hydrogen) atoms. The first-order chi connectivity index (χ1) is 9.15. The van der Waals surface area contributed by atoms with E-state index < -0.39 is 0 Å². The Balaban J connectivity index is 1.70. The summed E-state index contributed by atoms with van der Waals surface area (Å²) in [5.41, 5.74) is 1.69. The van der Waals surface area contributed by atoms with Crippen LogP contribution in [0.4, 0.5) is 9.18 Å². The van der Waals surface area contributed by atoms with Crippen molar-refractivity contribution < 1.29 is 9.18 Å². The fraction of sp³-hybridized carbons (Fsp3) is 0.533. The standard InChI is InChI=1S/C15H21FN2O/c1-11-10-12(6-7-14(11)16)8-9-17-15(19)18-13-4-2-3-5-13/h6-7,10,13H,2-5,8-9H2,1H3,(H2,17,18,19). The molecule has 104 valence electrons. The molecule has 0 atom stereocenters. The van der Waals surface area contributed by atoms with Crippen LogP contribution in [0, 0.1) is 12.7 Å². The average Bonchev–Trinajstić information content (AvgIpc) is 2.86. The Kier molecular flexibility index (Phi) is 4.77. The van der Waals surface area contributed by atoms with Crippen LogP contribution in [0.1, 0.15) is 36.8 Å². The highest BCUT2D eigenvalue weighted by molar-refractivity contribution is 5.74. The largest absolute Gasteiger partial charge is 0.338 e. The molecule has 0 spiro atoms. The summed E-state index contributed by atoms with van der Waals surface area (Å²) in [5.74, 6) is -0.185. The minimum absolute atomic E-state index is 0.0919. The van der Waals surface area contributed by atoms with Crippen LogP contribution in [-0.2, 0) is 6.42 Å². The fourth-order valence-electron chi connectivity index (χ4n) is 2.49. The van der Waals surface area contributed by atoms with Gasteiger partial charge in [0.15, 0.2) is 0 Å². The molecule has 1 aliphatic carbocycles. The minimum Gasteiger partial charge on any atom is -0.338 e. The molecule has 0 aliphatic heterocycles. The second kappa shape index (κ2) is 6.55. The number of hydrogen-bond donors (Lipinski definition) is 2. The number of rotatable bonds is 4. The van der Waals surface area contributed by atoms with E-state index in [0.29, 0.717) is 18.2 Å². The van der Waals surface area contributed by atoms with Gasteiger partial charge in [-0.2, -0.15) is 0 Å². The van der Waals surface area contributed by atoms with Crippen LogP contribution >= 0.6 is 0 Å². The van der Waals surface area contributed by atoms with E-state index in [0.717, 1.165) is 24.8 Å². The summed E-state index contributed by atoms with van der Waals surface area (Å²) >= 11 is 0. The molecule has 1 aliphatic rings. The van der Waals surface area contributed by atoms with Gasteiger partial charge in [0.25, 0.3) is 0 Å². The Morgan fingerprint density at radius 1 is 1.37 bits per heavy atom. The van der Waals surface area contributed by atoms with Crippen LogP contribution in [0.2, 0.25) is 0 Å². The number of aryl methyl sites for hydroxylation is 1. The number of halogens is 1. The molecule has 1 aromatic carbocycles. The summed E-state index contributed by atoms with van der Waals surface area (Å²) in [5, 5.41) is 5.82. The zero-order chi connectivity index (χ0) is 13.7. The third-order valence-corrected chi connectivity index (χ3v) is 3.61. The van der Waals surface area contributed by atoms with Crippen molar-refractivity contribution in [1.29, 1.82) is 0 Å². The van der Waals surface area contributed by atoms with Crippen LogP contribution in [-0.4, -0.2) is 18.6 Å². The smallest absolute Gasteiger partial charge is 0.315 e. The first-order valence-corrected chi connectivity index (χ1v) is 6.94. The zero-order valence-corrected chi connectivity index (χ0v) is 11.3. The summed E-state index contributed by atoms with van der Waals surface area (Å²) in [6, 6.07) is 5.31. The van der Waals surface area contributed by atoms with E-state index in [9.17, 15) is 9.18 Å². The molecule has 2 N–H and O–H groups in total. The topological polar surface area (TPSA) is 41.1 Å². The predicted molar refractivity (Wildman–Crippen MR) is 73.6 cm³/mol. The van der Waals surface area contributed by atoms with E-state index in [4.69, 9.17) is 0 Å². The van der Waals surface area contributed by atoms with Crippen molar-refractivity contribution in [2.45, 2.75) is 45.1 Å². The third-order valence-electron chi connectivity index (χ3n) is 3.61. The molecule has 0 radical (unpaired) electrons. The normalized spacial score (nSPS) is 15.5. The number of hydrogen-bond acceptors (Lipinski definition) is 1. The molecule has 3 nitrogen and oxygen atoms in total. The summed E-state index contributed by atoms with van der Waals surface area (Å²) in [6.45, 7) is 2.32. The molecular formula is C15H21FN2O. The summed E-state index contributed by atoms with van der Waals surface area (Å²) < 4.78 is 13.1. The fourth-order valence-corrected chi connectivity index (χ4v) is 2.49. The molecule has 1 fully saturated rings. The molecule has 0 saturated heterocycles. The molecule has 4 heteroatoms. The zero-order valence-electron chi connectivity index (χ0n) is 11.3. The number of amides is 2. The van der Waals surface area contributed by atoms with Crippen molar-refractivity contribution in [2.24, 2.45) is 0 Å². The highest BCUT2D eigenvalue weighted by Crippen LogP contribution is 2.17. The van der Waals surface area contributed by atoms with E-state index >= 15 is 0 Å². The van der Waals surface area contributed by atoms with E-state index in [1.807, 2.05) is 6.07 Å². The van der Waals surface area contributed by atoms with Crippen LogP contribution < -0.4 is 10.6 Å². The third kappa shape index (κ3) is 4.23. The van der Waals surface area contributed by atoms with Crippen LogP contribution in [0.5, 0.6) is 0 Å². The predicted octanol–water partition coefficient (Wildman–Crippen LogP) is 2.92. The Morgan fingerprint density at radius 3 is 2.79 bits per heavy atom. The molecule has 0 heterocycles. The van der Waals surface area contributed by atoms with Crippen molar-refractivity contribution in [3.05, 3.63) is 35.1 Å². The lowest BCUT2D eigenvalue weighted by Crippen LogP contribution is -2.41. The van der Waals surface area contributed by atoms with Gasteiger partial charge in [-0.1, -0.05) is 25.0 Å². The van der Waals surface area contributed by atoms with Crippen LogP contribution in [0.3, 0.4) is 0 Å². The van der Waals surface area contributed by atoms with E-state index in [-0.39, 0.29) is 11.8 Å². The summed E-state index contributed by atoms with van der Waals surface area (Å²) in [7, 11) is 0. The van der Waals surface area contributed by atoms with Gasteiger partial charge in [-0.3, -0.25) is 0 Å². The number of carbonyl (C=O) groups excluding carboxylic acids is 1. The maximum absolute atomic E-state index is 13.1. The lowest BCUT2D eigenvalue weighted by molar-refractivity contribution is 0.237. The first-order valence-electron chi connectivity index (χ1n) is 6.94. The van der Waals surface area contributed by atoms with Gasteiger partial charge in [0.1, 0.15) is 5.82 Å². The molecular weight excluding hydrogens is 243 g/mol. The minimum atomic E-state index is -0.185. The number of urea groups is 1. The van der Waals surface area contributed by atoms with Gasteiger partial charge in [0, 0.05) is 12.6 Å². The highest BCUT2D eigenvalue weighted by atomic mass is 19.1. The van der Waals surface area contributed by atoms with Crippen molar-refractivity contribution in [3.63, 3.8) is 0 Å². The molecule has 0 bridgehead atoms. The number of nitrogens with one attached hydrogen (secondary N) is 2. The Morgan fingerprint density at radius 2 is 2.11 bits per heavy atom. The lowest BCUT2D eigenvalue weighted by Gasteiger charge is -2.13. The van der Waals surface area contributed by atoms with Crippen LogP contribution in [0.15, 0.2) is 18.2 Å². The van der Waals surface area contributed by atoms with Crippen molar-refractivity contribution in [2.75, 3.05) is 6.54 Å². The van der Waals surface area contributed by atoms with Crippen LogP contribution in [0.25, 0.3) is 0 Å². The SMILES string of the molecule is Cc1cc(CCNC(=O)NC2CCCC2)ccc1F. The van der Waals surface area contributed by atoms with Gasteiger partial charge in [0.2, 0.25) is 0 Å². The maximum Gasteiger partial charge on any atom is 0.315 e. The second-order valence-corrected chi connectivity index (χ2v) is 5.22. The van der Waals surface area contributed by atoms with Gasteiger partial charge in [0.05, 0.1) is 0 Å². The molecule has 0 unspecified atom stereocenters. The molecule has 2 amide bonds. The van der Waals surface area contributed by atoms with E-state index in [2.05, 4.69) is 10.6 Å². The van der Waals surface area contributed by atoms with Crippen molar-refractivity contribution in [1.82, 2.24) is 10.6 Å². The molecule has 0 aromatic heterocycles. The van der Waals surface area contributed by atoms with Gasteiger partial charge < -0.3 is 10.6 Å². The van der Waals surface area contributed by atoms with E-state index in [1.54, 1.807) is 13.0 Å². The summed E-state index contributed by atoms with van der Waals surface area (Å²) in [6.07, 6.45) is 5.31. The number of benzene rings is 1. The average molecular weight is 264 g/mol. The monoisotopic (exact) mass is 264 g/mol. The van der Waals surface area contributed by atoms with E-state index in [1.165, 1.54) is 18.9 Å².